The average molecular weight is 258 g/mol. The van der Waals surface area contributed by atoms with Gasteiger partial charge in [-0.1, -0.05) is 0 Å². The van der Waals surface area contributed by atoms with Crippen molar-refractivity contribution in [1.29, 1.82) is 0 Å². The number of pyridine rings is 1. The van der Waals surface area contributed by atoms with E-state index in [1.54, 1.807) is 0 Å². The molecule has 2 N–H and O–H groups in total. The Bertz CT molecular complexity index is 551. The van der Waals surface area contributed by atoms with Gasteiger partial charge in [-0.25, -0.2) is 8.42 Å². The Balaban J connectivity index is 2.37. The summed E-state index contributed by atoms with van der Waals surface area (Å²) >= 11 is 0. The van der Waals surface area contributed by atoms with E-state index in [2.05, 4.69) is 4.98 Å². The zero-order valence-electron chi connectivity index (χ0n) is 9.17. The van der Waals surface area contributed by atoms with Gasteiger partial charge in [-0.15, -0.1) is 0 Å². The van der Waals surface area contributed by atoms with Crippen LogP contribution in [0.3, 0.4) is 0 Å². The number of β-amino-alcohol motifs (C(OH)–C–C–N with tert-alkyl or cyclic N) is 1. The maximum atomic E-state index is 12.1. The van der Waals surface area contributed by atoms with E-state index >= 15 is 0 Å². The molecule has 7 heteroatoms. The predicted molar refractivity (Wildman–Crippen MR) is 61.1 cm³/mol. The van der Waals surface area contributed by atoms with Crippen molar-refractivity contribution in [3.05, 3.63) is 28.7 Å². The van der Waals surface area contributed by atoms with Crippen molar-refractivity contribution in [2.75, 3.05) is 13.1 Å². The summed E-state index contributed by atoms with van der Waals surface area (Å²) < 4.78 is 25.5. The number of hydrogen-bond donors (Lipinski definition) is 2. The molecule has 2 heterocycles. The van der Waals surface area contributed by atoms with Crippen molar-refractivity contribution < 1.29 is 13.5 Å². The van der Waals surface area contributed by atoms with Crippen molar-refractivity contribution >= 4 is 10.0 Å². The smallest absolute Gasteiger partial charge is 0.248 e. The van der Waals surface area contributed by atoms with Crippen LogP contribution >= 0.6 is 0 Å². The molecular weight excluding hydrogens is 244 g/mol. The molecule has 1 aliphatic rings. The zero-order valence-corrected chi connectivity index (χ0v) is 9.98. The number of sulfonamides is 1. The number of aromatic amines is 1. The third-order valence-corrected chi connectivity index (χ3v) is 4.65. The van der Waals surface area contributed by atoms with E-state index in [9.17, 15) is 18.3 Å². The first-order chi connectivity index (χ1) is 8.01. The minimum absolute atomic E-state index is 0.0522. The van der Waals surface area contributed by atoms with E-state index in [-0.39, 0.29) is 11.4 Å². The Labute approximate surface area is 98.9 Å². The van der Waals surface area contributed by atoms with Crippen LogP contribution < -0.4 is 5.43 Å². The summed E-state index contributed by atoms with van der Waals surface area (Å²) in [5.41, 5.74) is -0.538. The van der Waals surface area contributed by atoms with Gasteiger partial charge in [-0.3, -0.25) is 4.79 Å². The van der Waals surface area contributed by atoms with Crippen molar-refractivity contribution in [2.45, 2.75) is 23.8 Å². The molecule has 17 heavy (non-hydrogen) atoms. The Morgan fingerprint density at radius 1 is 1.47 bits per heavy atom. The van der Waals surface area contributed by atoms with E-state index < -0.39 is 21.6 Å². The largest absolute Gasteiger partial charge is 0.392 e. The zero-order chi connectivity index (χ0) is 12.5. The number of nitrogens with zero attached hydrogens (tertiary/aromatic N) is 1. The second kappa shape index (κ2) is 4.59. The Hall–Kier alpha value is -1.18. The van der Waals surface area contributed by atoms with Crippen LogP contribution in [0.25, 0.3) is 0 Å². The fourth-order valence-electron chi connectivity index (χ4n) is 1.88. The molecule has 1 aromatic rings. The summed E-state index contributed by atoms with van der Waals surface area (Å²) in [6.07, 6.45) is 3.11. The molecule has 2 rings (SSSR count). The van der Waals surface area contributed by atoms with Gasteiger partial charge in [0.15, 0.2) is 0 Å². The topological polar surface area (TPSA) is 90.5 Å². The lowest BCUT2D eigenvalue weighted by Gasteiger charge is -2.28. The minimum Gasteiger partial charge on any atom is -0.392 e. The number of nitrogens with one attached hydrogen (secondary N) is 1. The summed E-state index contributed by atoms with van der Waals surface area (Å²) in [7, 11) is -3.80. The van der Waals surface area contributed by atoms with E-state index in [1.807, 2.05) is 0 Å². The highest BCUT2D eigenvalue weighted by Gasteiger charge is 2.30. The van der Waals surface area contributed by atoms with Crippen LogP contribution in [0.5, 0.6) is 0 Å². The lowest BCUT2D eigenvalue weighted by Crippen LogP contribution is -2.43. The Morgan fingerprint density at radius 3 is 2.88 bits per heavy atom. The van der Waals surface area contributed by atoms with Crippen LogP contribution in [0.2, 0.25) is 0 Å². The van der Waals surface area contributed by atoms with Gasteiger partial charge in [0, 0.05) is 31.5 Å². The molecule has 1 aromatic heterocycles. The third kappa shape index (κ3) is 2.41. The number of aliphatic hydroxyl groups is 1. The number of H-pyrrole nitrogens is 1. The molecular formula is C10H14N2O4S. The molecule has 1 unspecified atom stereocenters. The van der Waals surface area contributed by atoms with Gasteiger partial charge in [0.2, 0.25) is 15.5 Å². The number of hydrogen-bond acceptors (Lipinski definition) is 4. The van der Waals surface area contributed by atoms with Crippen LogP contribution in [0.4, 0.5) is 0 Å². The fourth-order valence-corrected chi connectivity index (χ4v) is 3.44. The van der Waals surface area contributed by atoms with Crippen LogP contribution in [0, 0.1) is 0 Å². The first-order valence-corrected chi connectivity index (χ1v) is 6.81. The van der Waals surface area contributed by atoms with Gasteiger partial charge >= 0.3 is 0 Å². The third-order valence-electron chi connectivity index (χ3n) is 2.77. The Kier molecular flexibility index (Phi) is 3.32. The van der Waals surface area contributed by atoms with Crippen LogP contribution in [-0.4, -0.2) is 42.0 Å². The molecule has 1 aliphatic heterocycles. The van der Waals surface area contributed by atoms with Gasteiger partial charge in [0.05, 0.1) is 6.10 Å². The molecule has 6 nitrogen and oxygen atoms in total. The van der Waals surface area contributed by atoms with Gasteiger partial charge in [0.25, 0.3) is 0 Å². The molecule has 0 radical (unpaired) electrons. The summed E-state index contributed by atoms with van der Waals surface area (Å²) in [6, 6.07) is 1.17. The number of aliphatic hydroxyl groups excluding tert-OH is 1. The SMILES string of the molecule is O=c1cc[nH]cc1S(=O)(=O)N1CCCC(O)C1. The summed E-state index contributed by atoms with van der Waals surface area (Å²) in [5, 5.41) is 9.47. The molecule has 1 fully saturated rings. The molecule has 1 saturated heterocycles. The number of rotatable bonds is 2. The fraction of sp³-hybridized carbons (Fsp3) is 0.500. The Morgan fingerprint density at radius 2 is 2.24 bits per heavy atom. The first kappa shape index (κ1) is 12.3. The molecule has 94 valence electrons. The maximum absolute atomic E-state index is 12.1. The maximum Gasteiger partial charge on any atom is 0.248 e. The van der Waals surface area contributed by atoms with Crippen LogP contribution in [0.1, 0.15) is 12.8 Å². The summed E-state index contributed by atoms with van der Waals surface area (Å²) in [4.78, 5) is 13.8. The molecule has 0 bridgehead atoms. The molecule has 0 amide bonds. The minimum atomic E-state index is -3.80. The van der Waals surface area contributed by atoms with Crippen molar-refractivity contribution in [2.24, 2.45) is 0 Å². The van der Waals surface area contributed by atoms with Crippen LogP contribution in [-0.2, 0) is 10.0 Å². The second-order valence-corrected chi connectivity index (χ2v) is 5.94. The normalized spacial score (nSPS) is 22.5. The van der Waals surface area contributed by atoms with Crippen LogP contribution in [0.15, 0.2) is 28.2 Å². The molecule has 0 aromatic carbocycles. The predicted octanol–water partition coefficient (Wildman–Crippen LogP) is -0.480. The van der Waals surface area contributed by atoms with Crippen molar-refractivity contribution in [1.82, 2.24) is 9.29 Å². The number of aromatic nitrogens is 1. The van der Waals surface area contributed by atoms with Gasteiger partial charge < -0.3 is 10.1 Å². The monoisotopic (exact) mass is 258 g/mol. The number of piperidine rings is 1. The first-order valence-electron chi connectivity index (χ1n) is 5.37. The lowest BCUT2D eigenvalue weighted by atomic mass is 10.1. The molecule has 0 saturated carbocycles. The average Bonchev–Trinajstić information content (AvgIpc) is 2.29. The standard InChI is InChI=1S/C10H14N2O4S/c13-8-2-1-5-12(7-8)17(15,16)10-6-11-4-3-9(10)14/h3-4,6,8,13H,1-2,5,7H2,(H,11,14). The lowest BCUT2D eigenvalue weighted by molar-refractivity contribution is 0.108. The highest BCUT2D eigenvalue weighted by Crippen LogP contribution is 2.17. The van der Waals surface area contributed by atoms with Crippen molar-refractivity contribution in [3.63, 3.8) is 0 Å². The molecule has 0 spiro atoms. The van der Waals surface area contributed by atoms with E-state index in [0.29, 0.717) is 19.4 Å². The molecule has 1 atom stereocenters. The highest BCUT2D eigenvalue weighted by atomic mass is 32.2. The quantitative estimate of drug-likeness (QED) is 0.749. The van der Waals surface area contributed by atoms with Gasteiger partial charge in [-0.05, 0) is 12.8 Å². The van der Waals surface area contributed by atoms with Gasteiger partial charge in [0.1, 0.15) is 4.90 Å². The second-order valence-electron chi connectivity index (χ2n) is 4.03. The van der Waals surface area contributed by atoms with E-state index in [4.69, 9.17) is 0 Å². The van der Waals surface area contributed by atoms with E-state index in [0.717, 1.165) is 4.31 Å². The molecule has 0 aliphatic carbocycles. The van der Waals surface area contributed by atoms with E-state index in [1.165, 1.54) is 18.5 Å². The van der Waals surface area contributed by atoms with Crippen molar-refractivity contribution in [3.8, 4) is 0 Å². The summed E-state index contributed by atoms with van der Waals surface area (Å²) in [5.74, 6) is 0. The van der Waals surface area contributed by atoms with Gasteiger partial charge in [-0.2, -0.15) is 4.31 Å². The highest BCUT2D eigenvalue weighted by molar-refractivity contribution is 7.89. The summed E-state index contributed by atoms with van der Waals surface area (Å²) in [6.45, 7) is 0.393.